The lowest BCUT2D eigenvalue weighted by Gasteiger charge is -2.26. The molecule has 140 valence electrons. The second kappa shape index (κ2) is 7.83. The average Bonchev–Trinajstić information content (AvgIpc) is 2.72. The Balaban J connectivity index is 1.73. The van der Waals surface area contributed by atoms with Gasteiger partial charge >= 0.3 is 0 Å². The minimum absolute atomic E-state index is 0.0857. The van der Waals surface area contributed by atoms with Gasteiger partial charge in [0.25, 0.3) is 0 Å². The predicted molar refractivity (Wildman–Crippen MR) is 115 cm³/mol. The summed E-state index contributed by atoms with van der Waals surface area (Å²) < 4.78 is 13.5. The van der Waals surface area contributed by atoms with Crippen LogP contribution < -0.4 is 11.1 Å². The van der Waals surface area contributed by atoms with Crippen molar-refractivity contribution in [1.82, 2.24) is 5.32 Å². The lowest BCUT2D eigenvalue weighted by Crippen LogP contribution is -2.26. The van der Waals surface area contributed by atoms with E-state index >= 15 is 0 Å². The molecule has 2 nitrogen and oxygen atoms in total. The van der Waals surface area contributed by atoms with Crippen molar-refractivity contribution in [2.24, 2.45) is 0 Å². The number of nitrogens with two attached hydrogens (primary N) is 1. The molecular formula is C25H23FN2. The summed E-state index contributed by atoms with van der Waals surface area (Å²) >= 11 is 0. The molecule has 0 bridgehead atoms. The number of nitrogens with one attached hydrogen (secondary N) is 1. The van der Waals surface area contributed by atoms with Gasteiger partial charge in [0.15, 0.2) is 0 Å². The first kappa shape index (κ1) is 18.2. The first-order chi connectivity index (χ1) is 13.6. The van der Waals surface area contributed by atoms with E-state index in [2.05, 4.69) is 54.7 Å². The van der Waals surface area contributed by atoms with Crippen LogP contribution in [-0.2, 0) is 0 Å². The molecule has 4 aromatic carbocycles. The molecule has 3 N–H and O–H groups in total. The monoisotopic (exact) mass is 370 g/mol. The quantitative estimate of drug-likeness (QED) is 0.423. The van der Waals surface area contributed by atoms with Crippen LogP contribution in [0.3, 0.4) is 0 Å². The summed E-state index contributed by atoms with van der Waals surface area (Å²) in [6.07, 6.45) is 0. The Hall–Kier alpha value is -3.17. The van der Waals surface area contributed by atoms with Crippen molar-refractivity contribution in [1.29, 1.82) is 0 Å². The predicted octanol–water partition coefficient (Wildman–Crippen LogP) is 6.00. The fraction of sp³-hybridized carbons (Fsp3) is 0.120. The van der Waals surface area contributed by atoms with Gasteiger partial charge in [0.2, 0.25) is 0 Å². The van der Waals surface area contributed by atoms with E-state index in [1.165, 1.54) is 28.5 Å². The third-order valence-corrected chi connectivity index (χ3v) is 5.15. The zero-order valence-corrected chi connectivity index (χ0v) is 15.8. The lowest BCUT2D eigenvalue weighted by atomic mass is 9.94. The molecule has 0 spiro atoms. The van der Waals surface area contributed by atoms with Crippen molar-refractivity contribution in [3.8, 4) is 0 Å². The van der Waals surface area contributed by atoms with Gasteiger partial charge in [-0.3, -0.25) is 5.32 Å². The van der Waals surface area contributed by atoms with Gasteiger partial charge < -0.3 is 5.73 Å². The molecule has 1 unspecified atom stereocenters. The Morgan fingerprint density at radius 2 is 1.50 bits per heavy atom. The van der Waals surface area contributed by atoms with Gasteiger partial charge in [0.05, 0.1) is 6.04 Å². The zero-order valence-electron chi connectivity index (χ0n) is 15.8. The molecule has 28 heavy (non-hydrogen) atoms. The molecule has 0 aliphatic rings. The summed E-state index contributed by atoms with van der Waals surface area (Å²) in [6, 6.07) is 29.2. The normalized spacial score (nSPS) is 13.4. The van der Waals surface area contributed by atoms with Gasteiger partial charge in [-0.25, -0.2) is 4.39 Å². The summed E-state index contributed by atoms with van der Waals surface area (Å²) in [4.78, 5) is 0. The molecular weight excluding hydrogens is 347 g/mol. The number of hydrogen-bond acceptors (Lipinski definition) is 2. The topological polar surface area (TPSA) is 38.0 Å². The van der Waals surface area contributed by atoms with Crippen molar-refractivity contribution in [3.63, 3.8) is 0 Å². The molecule has 0 heterocycles. The van der Waals surface area contributed by atoms with Gasteiger partial charge in [-0.05, 0) is 58.7 Å². The van der Waals surface area contributed by atoms with Gasteiger partial charge in [0.1, 0.15) is 5.82 Å². The first-order valence-corrected chi connectivity index (χ1v) is 9.46. The summed E-state index contributed by atoms with van der Waals surface area (Å²) in [5.74, 6) is -0.239. The summed E-state index contributed by atoms with van der Waals surface area (Å²) in [5, 5.41) is 6.18. The molecule has 0 aromatic heterocycles. The maximum Gasteiger partial charge on any atom is 0.123 e. The number of benzene rings is 4. The second-order valence-electron chi connectivity index (χ2n) is 7.11. The molecule has 4 aromatic rings. The number of halogens is 1. The Morgan fingerprint density at radius 3 is 2.29 bits per heavy atom. The molecule has 3 heteroatoms. The minimum atomic E-state index is -0.239. The highest BCUT2D eigenvalue weighted by molar-refractivity contribution is 5.86. The van der Waals surface area contributed by atoms with Gasteiger partial charge in [-0.2, -0.15) is 0 Å². The van der Waals surface area contributed by atoms with Crippen LogP contribution in [0.15, 0.2) is 91.0 Å². The summed E-state index contributed by atoms with van der Waals surface area (Å²) in [7, 11) is 0. The van der Waals surface area contributed by atoms with E-state index in [1.807, 2.05) is 36.4 Å². The van der Waals surface area contributed by atoms with E-state index in [9.17, 15) is 4.39 Å². The molecule has 0 aliphatic heterocycles. The van der Waals surface area contributed by atoms with E-state index in [0.717, 1.165) is 11.1 Å². The number of nitrogen functional groups attached to an aromatic ring is 1. The molecule has 0 saturated carbocycles. The van der Waals surface area contributed by atoms with Crippen LogP contribution in [0.2, 0.25) is 0 Å². The minimum Gasteiger partial charge on any atom is -0.399 e. The van der Waals surface area contributed by atoms with Gasteiger partial charge in [-0.1, -0.05) is 66.7 Å². The highest BCUT2D eigenvalue weighted by Gasteiger charge is 2.19. The van der Waals surface area contributed by atoms with E-state index in [4.69, 9.17) is 5.73 Å². The van der Waals surface area contributed by atoms with Crippen LogP contribution in [0.1, 0.15) is 35.7 Å². The van der Waals surface area contributed by atoms with Gasteiger partial charge in [-0.15, -0.1) is 0 Å². The molecule has 0 saturated heterocycles. The fourth-order valence-corrected chi connectivity index (χ4v) is 3.75. The van der Waals surface area contributed by atoms with E-state index in [1.54, 1.807) is 0 Å². The van der Waals surface area contributed by atoms with Crippen molar-refractivity contribution in [2.45, 2.75) is 19.0 Å². The van der Waals surface area contributed by atoms with Crippen LogP contribution in [0.4, 0.5) is 10.1 Å². The highest BCUT2D eigenvalue weighted by atomic mass is 19.1. The SMILES string of the molecule is C[C@@H](NC(c1ccc(F)cc1)c1cccc(N)c1)c1cccc2ccccc12. The molecule has 0 amide bonds. The maximum absolute atomic E-state index is 13.5. The molecule has 0 radical (unpaired) electrons. The lowest BCUT2D eigenvalue weighted by molar-refractivity contribution is 0.518. The standard InChI is InChI=1S/C25H23FN2/c1-17(23-11-5-7-18-6-2-3-10-24(18)23)28-25(19-12-14-21(26)15-13-19)20-8-4-9-22(27)16-20/h2-17,25,28H,27H2,1H3/t17-,25?/m1/s1. The van der Waals surface area contributed by atoms with Crippen LogP contribution >= 0.6 is 0 Å². The first-order valence-electron chi connectivity index (χ1n) is 9.46. The Kier molecular flexibility index (Phi) is 5.09. The third kappa shape index (κ3) is 3.75. The Morgan fingerprint density at radius 1 is 0.786 bits per heavy atom. The number of fused-ring (bicyclic) bond motifs is 1. The van der Waals surface area contributed by atoms with Crippen LogP contribution in [0.25, 0.3) is 10.8 Å². The van der Waals surface area contributed by atoms with E-state index in [-0.39, 0.29) is 17.9 Å². The van der Waals surface area contributed by atoms with Crippen LogP contribution in [0, 0.1) is 5.82 Å². The van der Waals surface area contributed by atoms with Crippen molar-refractivity contribution < 1.29 is 4.39 Å². The average molecular weight is 370 g/mol. The van der Waals surface area contributed by atoms with E-state index in [0.29, 0.717) is 5.69 Å². The van der Waals surface area contributed by atoms with Crippen LogP contribution in [0.5, 0.6) is 0 Å². The second-order valence-corrected chi connectivity index (χ2v) is 7.11. The molecule has 2 atom stereocenters. The zero-order chi connectivity index (χ0) is 19.5. The Bertz CT molecular complexity index is 1080. The smallest absolute Gasteiger partial charge is 0.123 e. The fourth-order valence-electron chi connectivity index (χ4n) is 3.75. The summed E-state index contributed by atoms with van der Waals surface area (Å²) in [5.41, 5.74) is 10.0. The van der Waals surface area contributed by atoms with Crippen LogP contribution in [-0.4, -0.2) is 0 Å². The van der Waals surface area contributed by atoms with Gasteiger partial charge in [0, 0.05) is 11.7 Å². The number of anilines is 1. The van der Waals surface area contributed by atoms with Crippen molar-refractivity contribution in [2.75, 3.05) is 5.73 Å². The largest absolute Gasteiger partial charge is 0.399 e. The van der Waals surface area contributed by atoms with Crippen molar-refractivity contribution >= 4 is 16.5 Å². The van der Waals surface area contributed by atoms with E-state index < -0.39 is 0 Å². The maximum atomic E-state index is 13.5. The third-order valence-electron chi connectivity index (χ3n) is 5.15. The highest BCUT2D eigenvalue weighted by Crippen LogP contribution is 2.30. The number of hydrogen-bond donors (Lipinski definition) is 2. The summed E-state index contributed by atoms with van der Waals surface area (Å²) in [6.45, 7) is 2.16. The molecule has 4 rings (SSSR count). The Labute approximate surface area is 164 Å². The van der Waals surface area contributed by atoms with Crippen molar-refractivity contribution in [3.05, 3.63) is 114 Å². The molecule has 0 fully saturated rings. The molecule has 0 aliphatic carbocycles. The number of rotatable bonds is 5.